The maximum atomic E-state index is 6.14. The number of rotatable bonds is 15. The first kappa shape index (κ1) is 33.1. The quantitative estimate of drug-likeness (QED) is 0.111. The topological polar surface area (TPSA) is 115 Å². The Balaban J connectivity index is 1.04. The van der Waals surface area contributed by atoms with Crippen LogP contribution in [0.15, 0.2) is 88.4 Å². The Kier molecular flexibility index (Phi) is 10.4. The summed E-state index contributed by atoms with van der Waals surface area (Å²) in [5.41, 5.74) is 5.27. The second-order valence-electron chi connectivity index (χ2n) is 11.1. The molecule has 0 fully saturated rings. The normalized spacial score (nSPS) is 13.2. The zero-order valence-electron chi connectivity index (χ0n) is 28.1. The van der Waals surface area contributed by atoms with Gasteiger partial charge in [-0.25, -0.2) is 0 Å². The van der Waals surface area contributed by atoms with Gasteiger partial charge in [-0.15, -0.1) is 0 Å². The maximum Gasteiger partial charge on any atom is 0.203 e. The summed E-state index contributed by atoms with van der Waals surface area (Å²) < 4.78 is 45.5. The zero-order chi connectivity index (χ0) is 34.2. The minimum atomic E-state index is -0.196. The summed E-state index contributed by atoms with van der Waals surface area (Å²) in [5.74, 6) is 4.69. The van der Waals surface area contributed by atoms with Gasteiger partial charge in [-0.05, 0) is 61.4 Å². The van der Waals surface area contributed by atoms with Crippen LogP contribution in [0.2, 0.25) is 0 Å². The molecule has 4 aromatic carbocycles. The lowest BCUT2D eigenvalue weighted by molar-refractivity contribution is 0.252. The second kappa shape index (κ2) is 15.4. The number of aromatic nitrogens is 1. The summed E-state index contributed by atoms with van der Waals surface area (Å²) in [6, 6.07) is 25.1. The van der Waals surface area contributed by atoms with Crippen LogP contribution >= 0.6 is 0 Å². The van der Waals surface area contributed by atoms with E-state index in [1.54, 1.807) is 35.5 Å². The smallest absolute Gasteiger partial charge is 0.203 e. The van der Waals surface area contributed by atoms with Crippen LogP contribution in [0.4, 0.5) is 5.69 Å². The fourth-order valence-electron chi connectivity index (χ4n) is 5.51. The molecule has 6 rings (SSSR count). The van der Waals surface area contributed by atoms with Crippen molar-refractivity contribution in [3.05, 3.63) is 90.0 Å². The van der Waals surface area contributed by atoms with E-state index in [0.29, 0.717) is 64.9 Å². The SMILES string of the molecule is COc1cc(C2N=Cc3ccccc3N2)ccc1OCCCCOc1cc(-c2cc(-c3cc(OC)c(OC)c(OC)c3)no2)ccc1OC. The predicted octanol–water partition coefficient (Wildman–Crippen LogP) is 7.83. The largest absolute Gasteiger partial charge is 0.493 e. The molecule has 0 bridgehead atoms. The fraction of sp³-hybridized carbons (Fsp3) is 0.263. The molecule has 1 atom stereocenters. The molecule has 1 unspecified atom stereocenters. The molecule has 11 nitrogen and oxygen atoms in total. The van der Waals surface area contributed by atoms with E-state index in [0.717, 1.165) is 40.8 Å². The molecule has 2 heterocycles. The number of aliphatic imine (C=N–C) groups is 1. The van der Waals surface area contributed by atoms with Crippen LogP contribution in [-0.4, -0.2) is 60.1 Å². The fourth-order valence-corrected chi connectivity index (χ4v) is 5.51. The van der Waals surface area contributed by atoms with Crippen LogP contribution in [0, 0.1) is 0 Å². The Hall–Kier alpha value is -5.84. The third kappa shape index (κ3) is 7.35. The van der Waals surface area contributed by atoms with Crippen LogP contribution in [-0.2, 0) is 0 Å². The van der Waals surface area contributed by atoms with Gasteiger partial charge in [-0.3, -0.25) is 4.99 Å². The number of hydrogen-bond acceptors (Lipinski definition) is 11. The van der Waals surface area contributed by atoms with E-state index >= 15 is 0 Å². The van der Waals surface area contributed by atoms with Crippen molar-refractivity contribution < 1.29 is 37.7 Å². The molecule has 0 spiro atoms. The molecular formula is C38H39N3O8. The van der Waals surface area contributed by atoms with E-state index in [2.05, 4.69) is 15.5 Å². The van der Waals surface area contributed by atoms with E-state index in [4.69, 9.17) is 37.7 Å². The summed E-state index contributed by atoms with van der Waals surface area (Å²) in [4.78, 5) is 4.66. The van der Waals surface area contributed by atoms with Crippen molar-refractivity contribution in [2.45, 2.75) is 19.0 Å². The summed E-state index contributed by atoms with van der Waals surface area (Å²) >= 11 is 0. The van der Waals surface area contributed by atoms with Crippen molar-refractivity contribution in [1.82, 2.24) is 5.16 Å². The van der Waals surface area contributed by atoms with Gasteiger partial charge in [-0.1, -0.05) is 29.4 Å². The molecule has 0 radical (unpaired) electrons. The molecule has 1 aliphatic heterocycles. The van der Waals surface area contributed by atoms with Gasteiger partial charge in [0.15, 0.2) is 40.3 Å². The van der Waals surface area contributed by atoms with Gasteiger partial charge in [0.1, 0.15) is 11.9 Å². The number of nitrogens with one attached hydrogen (secondary N) is 1. The van der Waals surface area contributed by atoms with Crippen molar-refractivity contribution in [3.63, 3.8) is 0 Å². The third-order valence-electron chi connectivity index (χ3n) is 8.09. The zero-order valence-corrected chi connectivity index (χ0v) is 28.1. The van der Waals surface area contributed by atoms with Gasteiger partial charge in [-0.2, -0.15) is 0 Å². The average molecular weight is 666 g/mol. The number of benzene rings is 4. The molecule has 1 aliphatic rings. The summed E-state index contributed by atoms with van der Waals surface area (Å²) in [7, 11) is 7.96. The highest BCUT2D eigenvalue weighted by atomic mass is 16.5. The Bertz CT molecular complexity index is 1900. The Morgan fingerprint density at radius 3 is 2.02 bits per heavy atom. The van der Waals surface area contributed by atoms with Crippen LogP contribution < -0.4 is 38.5 Å². The lowest BCUT2D eigenvalue weighted by Gasteiger charge is -2.22. The van der Waals surface area contributed by atoms with Crippen LogP contribution in [0.5, 0.6) is 40.2 Å². The number of ether oxygens (including phenoxy) is 7. The van der Waals surface area contributed by atoms with E-state index in [1.165, 1.54) is 0 Å². The molecule has 1 N–H and O–H groups in total. The first-order chi connectivity index (χ1) is 24.0. The number of methoxy groups -OCH3 is 5. The van der Waals surface area contributed by atoms with Crippen LogP contribution in [0.1, 0.15) is 30.1 Å². The van der Waals surface area contributed by atoms with Crippen LogP contribution in [0.25, 0.3) is 22.6 Å². The second-order valence-corrected chi connectivity index (χ2v) is 11.1. The van der Waals surface area contributed by atoms with Crippen molar-refractivity contribution >= 4 is 11.9 Å². The van der Waals surface area contributed by atoms with Gasteiger partial charge in [0.05, 0.1) is 48.8 Å². The number of anilines is 1. The highest BCUT2D eigenvalue weighted by Gasteiger charge is 2.19. The Labute approximate surface area is 285 Å². The van der Waals surface area contributed by atoms with Crippen molar-refractivity contribution in [3.8, 4) is 62.8 Å². The van der Waals surface area contributed by atoms with Crippen LogP contribution in [0.3, 0.4) is 0 Å². The molecule has 0 saturated carbocycles. The average Bonchev–Trinajstić information content (AvgIpc) is 3.66. The molecule has 0 amide bonds. The number of unbranched alkanes of at least 4 members (excludes halogenated alkanes) is 1. The summed E-state index contributed by atoms with van der Waals surface area (Å²) in [5, 5.41) is 7.75. The van der Waals surface area contributed by atoms with Gasteiger partial charge in [0.25, 0.3) is 0 Å². The molecule has 0 aliphatic carbocycles. The number of para-hydroxylation sites is 1. The van der Waals surface area contributed by atoms with E-state index < -0.39 is 0 Å². The van der Waals surface area contributed by atoms with Crippen molar-refractivity contribution in [1.29, 1.82) is 0 Å². The molecule has 254 valence electrons. The minimum Gasteiger partial charge on any atom is -0.493 e. The summed E-state index contributed by atoms with van der Waals surface area (Å²) in [6.45, 7) is 0.977. The lowest BCUT2D eigenvalue weighted by atomic mass is 10.1. The number of fused-ring (bicyclic) bond motifs is 1. The third-order valence-corrected chi connectivity index (χ3v) is 8.09. The van der Waals surface area contributed by atoms with E-state index in [-0.39, 0.29) is 6.17 Å². The van der Waals surface area contributed by atoms with Gasteiger partial charge >= 0.3 is 0 Å². The van der Waals surface area contributed by atoms with E-state index in [1.807, 2.05) is 85.1 Å². The molecular weight excluding hydrogens is 626 g/mol. The van der Waals surface area contributed by atoms with Gasteiger partial charge in [0, 0.05) is 40.2 Å². The Morgan fingerprint density at radius 1 is 0.633 bits per heavy atom. The molecule has 5 aromatic rings. The van der Waals surface area contributed by atoms with Crippen molar-refractivity contribution in [2.24, 2.45) is 4.99 Å². The van der Waals surface area contributed by atoms with E-state index in [9.17, 15) is 0 Å². The lowest BCUT2D eigenvalue weighted by Crippen LogP contribution is -2.14. The molecule has 49 heavy (non-hydrogen) atoms. The number of nitrogens with zero attached hydrogens (tertiary/aromatic N) is 2. The first-order valence-electron chi connectivity index (χ1n) is 15.8. The minimum absolute atomic E-state index is 0.196. The predicted molar refractivity (Wildman–Crippen MR) is 187 cm³/mol. The highest BCUT2D eigenvalue weighted by Crippen LogP contribution is 2.42. The van der Waals surface area contributed by atoms with Gasteiger partial charge < -0.3 is 43.0 Å². The van der Waals surface area contributed by atoms with Crippen molar-refractivity contribution in [2.75, 3.05) is 54.1 Å². The van der Waals surface area contributed by atoms with Gasteiger partial charge in [0.2, 0.25) is 5.75 Å². The standard InChI is InChI=1S/C38H39N3O8/c1-42-30-14-12-24(32-22-29(41-49-32)27-20-35(44-3)37(46-5)36(21-27)45-4)18-34(30)48-17-9-8-16-47-31-15-13-25(19-33(31)43-2)38-39-23-26-10-6-7-11-28(26)40-38/h6-7,10-15,18-23,38,40H,8-9,16-17H2,1-5H3. The highest BCUT2D eigenvalue weighted by molar-refractivity contribution is 5.89. The number of hydrogen-bond donors (Lipinski definition) is 1. The molecule has 1 aromatic heterocycles. The summed E-state index contributed by atoms with van der Waals surface area (Å²) in [6.07, 6.45) is 3.24. The monoisotopic (exact) mass is 665 g/mol. The first-order valence-corrected chi connectivity index (χ1v) is 15.8. The Morgan fingerprint density at radius 2 is 1.31 bits per heavy atom. The molecule has 0 saturated heterocycles. The maximum absolute atomic E-state index is 6.14. The molecule has 11 heteroatoms.